The molecule has 4 heterocycles. The summed E-state index contributed by atoms with van der Waals surface area (Å²) >= 11 is 1.38. The van der Waals surface area contributed by atoms with E-state index in [-0.39, 0.29) is 37.1 Å². The number of aromatic nitrogens is 4. The number of thiophene rings is 1. The first-order chi connectivity index (χ1) is 18.0. The van der Waals surface area contributed by atoms with Gasteiger partial charge in [-0.1, -0.05) is 6.08 Å². The number of H-pyrrole nitrogens is 1. The smallest absolute Gasteiger partial charge is 0.326 e. The first-order valence-electron chi connectivity index (χ1n) is 12.1. The molecule has 0 saturated heterocycles. The van der Waals surface area contributed by atoms with Gasteiger partial charge in [0.1, 0.15) is 0 Å². The maximum atomic E-state index is 13.2. The molecule has 0 aliphatic carbocycles. The largest absolute Gasteiger partial charge is 0.389 e. The number of aliphatic hydroxyl groups is 1. The minimum Gasteiger partial charge on any atom is -0.389 e. The van der Waals surface area contributed by atoms with Crippen molar-refractivity contribution in [3.63, 3.8) is 0 Å². The van der Waals surface area contributed by atoms with Gasteiger partial charge in [0, 0.05) is 31.4 Å². The second-order valence-corrected chi connectivity index (χ2v) is 11.1. The van der Waals surface area contributed by atoms with Crippen LogP contribution in [0.2, 0.25) is 0 Å². The fourth-order valence-electron chi connectivity index (χ4n) is 4.40. The number of nitrogens with one attached hydrogen (secondary N) is 2. The van der Waals surface area contributed by atoms with Crippen LogP contribution in [0.15, 0.2) is 47.4 Å². The van der Waals surface area contributed by atoms with Crippen molar-refractivity contribution in [1.82, 2.24) is 24.0 Å². The number of carbonyl (C=O) groups is 2. The Morgan fingerprint density at radius 3 is 2.71 bits per heavy atom. The number of amides is 2. The maximum Gasteiger partial charge on any atom is 0.326 e. The Balaban J connectivity index is 1.51. The van der Waals surface area contributed by atoms with Gasteiger partial charge >= 0.3 is 5.69 Å². The zero-order valence-electron chi connectivity index (χ0n) is 21.3. The van der Waals surface area contributed by atoms with E-state index in [0.29, 0.717) is 26.9 Å². The highest BCUT2D eigenvalue weighted by Crippen LogP contribution is 2.29. The molecule has 1 aromatic carbocycles. The number of hydrogen-bond acceptors (Lipinski definition) is 7. The Morgan fingerprint density at radius 1 is 1.24 bits per heavy atom. The number of likely N-dealkylation sites (N-methyl/N-ethyl adjacent to an activating group) is 1. The molecule has 0 atom stereocenters. The lowest BCUT2D eigenvalue weighted by Crippen LogP contribution is -2.31. The Hall–Kier alpha value is -4.16. The van der Waals surface area contributed by atoms with Gasteiger partial charge in [-0.05, 0) is 56.0 Å². The summed E-state index contributed by atoms with van der Waals surface area (Å²) < 4.78 is 3.16. The third-order valence-corrected chi connectivity index (χ3v) is 7.35. The van der Waals surface area contributed by atoms with Crippen molar-refractivity contribution in [3.8, 4) is 0 Å². The quantitative estimate of drug-likeness (QED) is 0.272. The van der Waals surface area contributed by atoms with E-state index >= 15 is 0 Å². The SMILES string of the molecule is CN1C=CC(c2ccc(C(=O)Nc3nc4cc5[nH]c(=O)n(CC(C)(C)O)c5cc4n3CCC(N)=O)s2)=CC1. The van der Waals surface area contributed by atoms with Crippen molar-refractivity contribution in [3.05, 3.63) is 62.9 Å². The lowest BCUT2D eigenvalue weighted by Gasteiger charge is -2.17. The van der Waals surface area contributed by atoms with Gasteiger partial charge < -0.3 is 25.3 Å². The van der Waals surface area contributed by atoms with Crippen LogP contribution in [0.3, 0.4) is 0 Å². The van der Waals surface area contributed by atoms with Crippen molar-refractivity contribution in [2.45, 2.75) is 39.0 Å². The molecule has 3 aromatic heterocycles. The number of aryl methyl sites for hydroxylation is 1. The molecule has 0 radical (unpaired) electrons. The molecule has 0 spiro atoms. The van der Waals surface area contributed by atoms with Crippen LogP contribution in [0.4, 0.5) is 5.95 Å². The number of nitrogens with two attached hydrogens (primary N) is 1. The fraction of sp³-hybridized carbons (Fsp3) is 0.308. The number of imidazole rings is 2. The number of anilines is 1. The summed E-state index contributed by atoms with van der Waals surface area (Å²) in [6.07, 6.45) is 6.15. The fourth-order valence-corrected chi connectivity index (χ4v) is 5.33. The van der Waals surface area contributed by atoms with E-state index in [2.05, 4.69) is 26.3 Å². The number of fused-ring (bicyclic) bond motifs is 2. The molecular weight excluding hydrogens is 506 g/mol. The molecule has 1 aliphatic heterocycles. The number of hydrogen-bond donors (Lipinski definition) is 4. The molecule has 0 bridgehead atoms. The Bertz CT molecular complexity index is 1680. The van der Waals surface area contributed by atoms with Crippen molar-refractivity contribution < 1.29 is 14.7 Å². The van der Waals surface area contributed by atoms with Crippen molar-refractivity contribution in [2.24, 2.45) is 5.73 Å². The first-order valence-corrected chi connectivity index (χ1v) is 12.9. The summed E-state index contributed by atoms with van der Waals surface area (Å²) in [5.74, 6) is -0.546. The Labute approximate surface area is 221 Å². The molecular formula is C26H29N7O4S. The number of allylic oxidation sites excluding steroid dienone is 2. The van der Waals surface area contributed by atoms with Crippen LogP contribution in [0.1, 0.15) is 34.8 Å². The normalized spacial score (nSPS) is 13.9. The van der Waals surface area contributed by atoms with Gasteiger partial charge in [0.2, 0.25) is 11.9 Å². The number of rotatable bonds is 8. The molecule has 4 aromatic rings. The summed E-state index contributed by atoms with van der Waals surface area (Å²) in [4.78, 5) is 48.3. The van der Waals surface area contributed by atoms with Crippen LogP contribution < -0.4 is 16.7 Å². The van der Waals surface area contributed by atoms with E-state index in [4.69, 9.17) is 5.73 Å². The minimum absolute atomic E-state index is 0.0358. The highest BCUT2D eigenvalue weighted by atomic mass is 32.1. The van der Waals surface area contributed by atoms with Crippen molar-refractivity contribution >= 4 is 56.7 Å². The third kappa shape index (κ3) is 5.13. The predicted octanol–water partition coefficient (Wildman–Crippen LogP) is 2.48. The molecule has 1 aliphatic rings. The van der Waals surface area contributed by atoms with E-state index in [1.165, 1.54) is 15.9 Å². The van der Waals surface area contributed by atoms with E-state index in [9.17, 15) is 19.5 Å². The second kappa shape index (κ2) is 9.62. The summed E-state index contributed by atoms with van der Waals surface area (Å²) in [5.41, 5.74) is 7.28. The highest BCUT2D eigenvalue weighted by Gasteiger charge is 2.21. The lowest BCUT2D eigenvalue weighted by molar-refractivity contribution is -0.118. The van der Waals surface area contributed by atoms with Gasteiger partial charge in [-0.3, -0.25) is 19.5 Å². The molecule has 5 rings (SSSR count). The zero-order valence-corrected chi connectivity index (χ0v) is 22.1. The average molecular weight is 536 g/mol. The molecule has 38 heavy (non-hydrogen) atoms. The van der Waals surface area contributed by atoms with Crippen molar-refractivity contribution in [1.29, 1.82) is 0 Å². The summed E-state index contributed by atoms with van der Waals surface area (Å²) in [7, 11) is 1.99. The van der Waals surface area contributed by atoms with Gasteiger partial charge in [-0.25, -0.2) is 9.78 Å². The van der Waals surface area contributed by atoms with E-state index in [1.807, 2.05) is 25.4 Å². The number of carbonyl (C=O) groups excluding carboxylic acids is 2. The molecule has 0 unspecified atom stereocenters. The van der Waals surface area contributed by atoms with Crippen molar-refractivity contribution in [2.75, 3.05) is 18.9 Å². The molecule has 198 valence electrons. The Morgan fingerprint density at radius 2 is 2.03 bits per heavy atom. The minimum atomic E-state index is -1.11. The van der Waals surface area contributed by atoms with Crippen LogP contribution in [-0.4, -0.2) is 60.1 Å². The van der Waals surface area contributed by atoms with Crippen LogP contribution in [-0.2, 0) is 17.9 Å². The van der Waals surface area contributed by atoms with Gasteiger partial charge in [0.25, 0.3) is 5.91 Å². The number of nitrogens with zero attached hydrogens (tertiary/aromatic N) is 4. The molecule has 12 heteroatoms. The van der Waals surface area contributed by atoms with E-state index in [1.54, 1.807) is 36.6 Å². The first kappa shape index (κ1) is 25.5. The Kier molecular flexibility index (Phi) is 6.45. The van der Waals surface area contributed by atoms with E-state index < -0.39 is 11.5 Å². The van der Waals surface area contributed by atoms with Crippen LogP contribution >= 0.6 is 11.3 Å². The standard InChI is InChI=1S/C26H29N7O4S/c1-26(2,37)14-33-19-13-18-16(12-17(19)29-25(33)36)28-24(32(18)11-8-22(27)34)30-23(35)21-5-4-20(38-21)15-6-9-31(3)10-7-15/h4-7,9,12-13,37H,8,10-11,14H2,1-3H3,(H2,27,34)(H,29,36)(H,28,30,35). The number of primary amides is 1. The van der Waals surface area contributed by atoms with E-state index in [0.717, 1.165) is 17.0 Å². The second-order valence-electron chi connectivity index (χ2n) is 10.0. The van der Waals surface area contributed by atoms with Gasteiger partial charge in [-0.2, -0.15) is 0 Å². The molecule has 5 N–H and O–H groups in total. The molecule has 2 amide bonds. The van der Waals surface area contributed by atoms with Gasteiger partial charge in [-0.15, -0.1) is 11.3 Å². The lowest BCUT2D eigenvalue weighted by atomic mass is 10.1. The molecule has 0 saturated carbocycles. The zero-order chi connectivity index (χ0) is 27.2. The summed E-state index contributed by atoms with van der Waals surface area (Å²) in [5, 5.41) is 13.2. The topological polar surface area (TPSA) is 151 Å². The molecule has 0 fully saturated rings. The summed E-state index contributed by atoms with van der Waals surface area (Å²) in [6, 6.07) is 7.17. The third-order valence-electron chi connectivity index (χ3n) is 6.22. The van der Waals surface area contributed by atoms with Gasteiger partial charge in [0.15, 0.2) is 0 Å². The summed E-state index contributed by atoms with van der Waals surface area (Å²) in [6.45, 7) is 4.31. The monoisotopic (exact) mass is 535 g/mol. The van der Waals surface area contributed by atoms with Crippen LogP contribution in [0, 0.1) is 0 Å². The predicted molar refractivity (Wildman–Crippen MR) is 148 cm³/mol. The molecule has 11 nitrogen and oxygen atoms in total. The number of benzene rings is 1. The van der Waals surface area contributed by atoms with Gasteiger partial charge in [0.05, 0.1) is 39.1 Å². The average Bonchev–Trinajstić information content (AvgIpc) is 3.52. The van der Waals surface area contributed by atoms with Crippen LogP contribution in [0.25, 0.3) is 27.6 Å². The van der Waals surface area contributed by atoms with Crippen LogP contribution in [0.5, 0.6) is 0 Å². The number of aromatic amines is 1. The maximum absolute atomic E-state index is 13.2. The highest BCUT2D eigenvalue weighted by molar-refractivity contribution is 7.15.